The van der Waals surface area contributed by atoms with Crippen LogP contribution in [0.15, 0.2) is 23.6 Å². The zero-order valence-corrected chi connectivity index (χ0v) is 18.3. The Labute approximate surface area is 184 Å². The first kappa shape index (κ1) is 24.1. The number of hydrogen-bond donors (Lipinski definition) is 1. The van der Waals surface area contributed by atoms with Gasteiger partial charge in [0.1, 0.15) is 24.1 Å². The Balaban J connectivity index is 2.08. The lowest BCUT2D eigenvalue weighted by Gasteiger charge is -2.51. The largest absolute Gasteiger partial charge is 0.480 e. The van der Waals surface area contributed by atoms with Crippen LogP contribution < -0.4 is 0 Å². The molecule has 1 unspecified atom stereocenters. The van der Waals surface area contributed by atoms with E-state index in [1.54, 1.807) is 20.8 Å². The van der Waals surface area contributed by atoms with E-state index < -0.39 is 60.1 Å². The molecule has 1 N–H and O–H groups in total. The Morgan fingerprint density at radius 2 is 1.91 bits per heavy atom. The van der Waals surface area contributed by atoms with Crippen LogP contribution in [0.1, 0.15) is 27.2 Å². The first-order valence-corrected chi connectivity index (χ1v) is 10.3. The number of halogens is 2. The van der Waals surface area contributed by atoms with Crippen LogP contribution in [0, 0.1) is 0 Å². The number of carbonyl (C=O) groups excluding carboxylic acids is 2. The third-order valence-corrected chi connectivity index (χ3v) is 5.35. The number of nitrogens with zero attached hydrogens (tertiary/aromatic N) is 2. The summed E-state index contributed by atoms with van der Waals surface area (Å²) in [7, 11) is 0. The van der Waals surface area contributed by atoms with E-state index in [0.29, 0.717) is 0 Å². The maximum absolute atomic E-state index is 14.1. The first-order chi connectivity index (χ1) is 14.9. The molecule has 2 heterocycles. The van der Waals surface area contributed by atoms with Gasteiger partial charge in [0.2, 0.25) is 0 Å². The number of aliphatic carboxylic acids is 1. The van der Waals surface area contributed by atoms with Crippen molar-refractivity contribution in [3.05, 3.63) is 23.6 Å². The number of carbonyl (C=O) groups is 3. The number of allylic oxidation sites excluding steroid dienone is 2. The molecule has 0 bridgehead atoms. The smallest absolute Gasteiger partial charge is 0.411 e. The van der Waals surface area contributed by atoms with Gasteiger partial charge < -0.3 is 24.2 Å². The molecule has 2 fully saturated rings. The number of amides is 2. The Morgan fingerprint density at radius 1 is 1.28 bits per heavy atom. The van der Waals surface area contributed by atoms with Crippen LogP contribution in [0.25, 0.3) is 0 Å². The van der Waals surface area contributed by atoms with Gasteiger partial charge in [-0.2, -0.15) is 0 Å². The van der Waals surface area contributed by atoms with E-state index in [1.165, 1.54) is 0 Å². The van der Waals surface area contributed by atoms with E-state index in [2.05, 4.69) is 0 Å². The maximum atomic E-state index is 14.1. The van der Waals surface area contributed by atoms with Crippen LogP contribution in [-0.4, -0.2) is 95.7 Å². The molecule has 32 heavy (non-hydrogen) atoms. The normalized spacial score (nSPS) is 26.3. The van der Waals surface area contributed by atoms with Gasteiger partial charge in [-0.05, 0) is 38.5 Å². The second-order valence-electron chi connectivity index (χ2n) is 9.05. The van der Waals surface area contributed by atoms with E-state index in [0.717, 1.165) is 22.0 Å². The fourth-order valence-electron chi connectivity index (χ4n) is 4.02. The van der Waals surface area contributed by atoms with Crippen LogP contribution in [0.3, 0.4) is 0 Å². The van der Waals surface area contributed by atoms with Crippen molar-refractivity contribution >= 4 is 18.0 Å². The zero-order chi connectivity index (χ0) is 23.7. The third kappa shape index (κ3) is 5.09. The number of alkyl halides is 1. The lowest BCUT2D eigenvalue weighted by atomic mass is 9.87. The quantitative estimate of drug-likeness (QED) is 0.688. The summed E-state index contributed by atoms with van der Waals surface area (Å²) in [4.78, 5) is 40.6. The van der Waals surface area contributed by atoms with Gasteiger partial charge in [-0.15, -0.1) is 0 Å². The summed E-state index contributed by atoms with van der Waals surface area (Å²) in [5, 5.41) is 9.43. The molecule has 0 aromatic carbocycles. The molecule has 2 aliphatic heterocycles. The average molecular weight is 458 g/mol. The molecule has 0 radical (unpaired) electrons. The number of rotatable bonds is 3. The second-order valence-corrected chi connectivity index (χ2v) is 9.05. The Morgan fingerprint density at radius 3 is 2.44 bits per heavy atom. The monoisotopic (exact) mass is 458 g/mol. The molecular weight excluding hydrogens is 430 g/mol. The van der Waals surface area contributed by atoms with Crippen LogP contribution in [0.5, 0.6) is 0 Å². The lowest BCUT2D eigenvalue weighted by Crippen LogP contribution is -2.74. The molecular formula is C21H28F2N2O7. The van der Waals surface area contributed by atoms with E-state index >= 15 is 0 Å². The number of carboxylic acids is 1. The van der Waals surface area contributed by atoms with E-state index in [-0.39, 0.29) is 38.5 Å². The van der Waals surface area contributed by atoms with Crippen molar-refractivity contribution in [1.82, 2.24) is 9.80 Å². The molecule has 2 atom stereocenters. The van der Waals surface area contributed by atoms with Gasteiger partial charge in [0.05, 0.1) is 32.5 Å². The van der Waals surface area contributed by atoms with Crippen molar-refractivity contribution in [3.8, 4) is 0 Å². The predicted octanol–water partition coefficient (Wildman–Crippen LogP) is 1.83. The molecule has 11 heteroatoms. The molecule has 2 saturated heterocycles. The van der Waals surface area contributed by atoms with Crippen LogP contribution >= 0.6 is 0 Å². The highest BCUT2D eigenvalue weighted by Gasteiger charge is 2.57. The summed E-state index contributed by atoms with van der Waals surface area (Å²) in [5.74, 6) is -2.79. The molecule has 3 rings (SSSR count). The van der Waals surface area contributed by atoms with Gasteiger partial charge in [-0.1, -0.05) is 0 Å². The summed E-state index contributed by atoms with van der Waals surface area (Å²) in [6.45, 7) is 3.91. The minimum absolute atomic E-state index is 0.0784. The SMILES string of the molecule is CC(C)(C)OC(=O)N1C[C@@H](C2=CC(F)CC(F)=C2)N(CC(=O)O)C(=O)C12COCCOC2. The molecule has 178 valence electrons. The first-order valence-electron chi connectivity index (χ1n) is 10.3. The summed E-state index contributed by atoms with van der Waals surface area (Å²) in [6, 6.07) is -1.09. The van der Waals surface area contributed by atoms with Crippen molar-refractivity contribution in [2.24, 2.45) is 0 Å². The highest BCUT2D eigenvalue weighted by Crippen LogP contribution is 2.35. The van der Waals surface area contributed by atoms with Gasteiger partial charge in [-0.3, -0.25) is 14.5 Å². The Bertz CT molecular complexity index is 828. The number of hydrogen-bond acceptors (Lipinski definition) is 6. The van der Waals surface area contributed by atoms with Gasteiger partial charge in [0.15, 0.2) is 5.54 Å². The minimum atomic E-state index is -1.67. The standard InChI is InChI=1S/C21H28F2N2O7/c1-20(2,3)32-19(29)25-9-16(13-6-14(22)8-15(23)7-13)24(10-17(26)27)18(28)21(25)11-30-4-5-31-12-21/h6-7,14,16H,4-5,8-12H2,1-3H3,(H,26,27)/t14?,16-/m0/s1. The van der Waals surface area contributed by atoms with Gasteiger partial charge in [0.25, 0.3) is 5.91 Å². The van der Waals surface area contributed by atoms with Crippen LogP contribution in [0.4, 0.5) is 13.6 Å². The summed E-state index contributed by atoms with van der Waals surface area (Å²) in [5.41, 5.74) is -2.48. The number of piperazine rings is 1. The molecule has 1 aliphatic carbocycles. The van der Waals surface area contributed by atoms with E-state index in [4.69, 9.17) is 14.2 Å². The topological polar surface area (TPSA) is 106 Å². The van der Waals surface area contributed by atoms with Crippen molar-refractivity contribution in [1.29, 1.82) is 0 Å². The molecule has 2 amide bonds. The van der Waals surface area contributed by atoms with Crippen LogP contribution in [0.2, 0.25) is 0 Å². The Hall–Kier alpha value is -2.53. The number of ether oxygens (including phenoxy) is 3. The fourth-order valence-corrected chi connectivity index (χ4v) is 4.02. The third-order valence-electron chi connectivity index (χ3n) is 5.35. The summed E-state index contributed by atoms with van der Waals surface area (Å²) < 4.78 is 44.6. The fraction of sp³-hybridized carbons (Fsp3) is 0.667. The highest BCUT2D eigenvalue weighted by atomic mass is 19.1. The molecule has 0 aromatic rings. The molecule has 0 aromatic heterocycles. The van der Waals surface area contributed by atoms with Crippen molar-refractivity contribution < 1.29 is 42.5 Å². The van der Waals surface area contributed by atoms with Gasteiger partial charge >= 0.3 is 12.1 Å². The van der Waals surface area contributed by atoms with E-state index in [1.807, 2.05) is 0 Å². The summed E-state index contributed by atoms with van der Waals surface area (Å²) >= 11 is 0. The van der Waals surface area contributed by atoms with Gasteiger partial charge in [0, 0.05) is 13.0 Å². The van der Waals surface area contributed by atoms with Crippen molar-refractivity contribution in [3.63, 3.8) is 0 Å². The van der Waals surface area contributed by atoms with E-state index in [9.17, 15) is 28.3 Å². The summed E-state index contributed by atoms with van der Waals surface area (Å²) in [6.07, 6.45) is -0.690. The molecule has 9 nitrogen and oxygen atoms in total. The lowest BCUT2D eigenvalue weighted by molar-refractivity contribution is -0.165. The maximum Gasteiger partial charge on any atom is 0.411 e. The highest BCUT2D eigenvalue weighted by molar-refractivity contribution is 5.94. The second kappa shape index (κ2) is 9.14. The van der Waals surface area contributed by atoms with Crippen molar-refractivity contribution in [2.75, 3.05) is 39.5 Å². The molecule has 1 spiro atoms. The molecule has 3 aliphatic rings. The minimum Gasteiger partial charge on any atom is -0.480 e. The molecule has 0 saturated carbocycles. The van der Waals surface area contributed by atoms with Crippen molar-refractivity contribution in [2.45, 2.75) is 50.5 Å². The average Bonchev–Trinajstić information content (AvgIpc) is 2.90. The predicted molar refractivity (Wildman–Crippen MR) is 107 cm³/mol. The van der Waals surface area contributed by atoms with Gasteiger partial charge in [-0.25, -0.2) is 13.6 Å². The number of carboxylic acid groups (broad SMARTS) is 1. The van der Waals surface area contributed by atoms with Crippen LogP contribution in [-0.2, 0) is 23.8 Å². The Kier molecular flexibility index (Phi) is 6.89. The zero-order valence-electron chi connectivity index (χ0n) is 18.3.